The van der Waals surface area contributed by atoms with Gasteiger partial charge in [0, 0.05) is 25.3 Å². The largest absolute Gasteiger partial charge is 0.356 e. The average molecular weight is 398 g/mol. The second-order valence-electron chi connectivity index (χ2n) is 7.20. The maximum atomic E-state index is 12.8. The molecule has 0 aliphatic carbocycles. The highest BCUT2D eigenvalue weighted by Crippen LogP contribution is 2.23. The van der Waals surface area contributed by atoms with E-state index in [0.717, 1.165) is 42.3 Å². The quantitative estimate of drug-likeness (QED) is 0.692. The van der Waals surface area contributed by atoms with Crippen LogP contribution in [0.15, 0.2) is 59.6 Å². The number of amides is 1. The number of sulfonamides is 1. The Labute approximate surface area is 164 Å². The van der Waals surface area contributed by atoms with E-state index in [0.29, 0.717) is 5.69 Å². The van der Waals surface area contributed by atoms with E-state index in [2.05, 4.69) is 9.71 Å². The minimum absolute atomic E-state index is 0.0719. The number of hydrogen-bond donors (Lipinski definition) is 2. The molecule has 2 heterocycles. The van der Waals surface area contributed by atoms with Crippen molar-refractivity contribution in [2.24, 2.45) is 0 Å². The Morgan fingerprint density at radius 2 is 1.79 bits per heavy atom. The first-order valence-electron chi connectivity index (χ1n) is 9.43. The number of likely N-dealkylation sites (tertiary alicyclic amines) is 1. The fraction of sp³-hybridized carbons (Fsp3) is 0.286. The Morgan fingerprint density at radius 3 is 2.54 bits per heavy atom. The van der Waals surface area contributed by atoms with Gasteiger partial charge in [0.2, 0.25) is 10.0 Å². The van der Waals surface area contributed by atoms with Gasteiger partial charge in [0.1, 0.15) is 10.6 Å². The van der Waals surface area contributed by atoms with Gasteiger partial charge in [0.25, 0.3) is 5.91 Å². The van der Waals surface area contributed by atoms with Crippen LogP contribution in [0.3, 0.4) is 0 Å². The van der Waals surface area contributed by atoms with Gasteiger partial charge in [-0.3, -0.25) is 4.79 Å². The fourth-order valence-corrected chi connectivity index (χ4v) is 4.81. The monoisotopic (exact) mass is 397 g/mol. The molecule has 1 atom stereocenters. The number of rotatable bonds is 5. The van der Waals surface area contributed by atoms with Crippen molar-refractivity contribution in [1.29, 1.82) is 0 Å². The molecule has 1 aromatic heterocycles. The van der Waals surface area contributed by atoms with Crippen molar-refractivity contribution in [3.05, 3.63) is 66.0 Å². The van der Waals surface area contributed by atoms with Crippen molar-refractivity contribution in [3.8, 4) is 0 Å². The maximum absolute atomic E-state index is 12.8. The minimum atomic E-state index is -3.75. The summed E-state index contributed by atoms with van der Waals surface area (Å²) in [7, 11) is -3.75. The standard InChI is InChI=1S/C21H23N3O3S/c1-15(17-9-8-16-6-2-3-7-18(16)12-17)23-28(26,27)19-13-20(22-14-19)21(25)24-10-4-5-11-24/h2-3,6-9,12-15,22-23H,4-5,10-11H2,1H3. The van der Waals surface area contributed by atoms with E-state index in [1.165, 1.54) is 12.3 Å². The van der Waals surface area contributed by atoms with Crippen LogP contribution in [0.4, 0.5) is 0 Å². The molecule has 0 bridgehead atoms. The number of nitrogens with one attached hydrogen (secondary N) is 2. The summed E-state index contributed by atoms with van der Waals surface area (Å²) in [6, 6.07) is 14.9. The number of fused-ring (bicyclic) bond motifs is 1. The Bertz CT molecular complexity index is 1110. The lowest BCUT2D eigenvalue weighted by Gasteiger charge is -2.15. The first kappa shape index (κ1) is 18.7. The number of aromatic nitrogens is 1. The summed E-state index contributed by atoms with van der Waals surface area (Å²) in [6.07, 6.45) is 3.35. The van der Waals surface area contributed by atoms with Crippen LogP contribution in [0.25, 0.3) is 10.8 Å². The van der Waals surface area contributed by atoms with Crippen LogP contribution in [0.2, 0.25) is 0 Å². The molecule has 1 amide bonds. The summed E-state index contributed by atoms with van der Waals surface area (Å²) in [6.45, 7) is 3.25. The molecule has 3 aromatic rings. The number of benzene rings is 2. The van der Waals surface area contributed by atoms with Gasteiger partial charge in [0.05, 0.1) is 0 Å². The summed E-state index contributed by atoms with van der Waals surface area (Å²) >= 11 is 0. The SMILES string of the molecule is CC(NS(=O)(=O)c1c[nH]c(C(=O)N2CCCC2)c1)c1ccc2ccccc2c1. The van der Waals surface area contributed by atoms with E-state index in [9.17, 15) is 13.2 Å². The van der Waals surface area contributed by atoms with Gasteiger partial charge in [0.15, 0.2) is 0 Å². The molecule has 146 valence electrons. The lowest BCUT2D eigenvalue weighted by atomic mass is 10.0. The summed E-state index contributed by atoms with van der Waals surface area (Å²) in [5.41, 5.74) is 1.19. The van der Waals surface area contributed by atoms with Gasteiger partial charge in [-0.25, -0.2) is 13.1 Å². The third-order valence-corrected chi connectivity index (χ3v) is 6.72. The number of hydrogen-bond acceptors (Lipinski definition) is 3. The van der Waals surface area contributed by atoms with Crippen LogP contribution in [-0.4, -0.2) is 37.3 Å². The first-order valence-corrected chi connectivity index (χ1v) is 10.9. The van der Waals surface area contributed by atoms with E-state index in [1.54, 1.807) is 4.90 Å². The van der Waals surface area contributed by atoms with Gasteiger partial charge in [-0.1, -0.05) is 36.4 Å². The number of aromatic amines is 1. The Morgan fingerprint density at radius 1 is 1.07 bits per heavy atom. The minimum Gasteiger partial charge on any atom is -0.356 e. The van der Waals surface area contributed by atoms with Crippen molar-refractivity contribution < 1.29 is 13.2 Å². The molecule has 4 rings (SSSR count). The van der Waals surface area contributed by atoms with Crippen molar-refractivity contribution >= 4 is 26.7 Å². The average Bonchev–Trinajstić information content (AvgIpc) is 3.39. The van der Waals surface area contributed by atoms with Gasteiger partial charge in [-0.05, 0) is 48.2 Å². The second-order valence-corrected chi connectivity index (χ2v) is 8.91. The molecular formula is C21H23N3O3S. The van der Waals surface area contributed by atoms with E-state index in [1.807, 2.05) is 49.4 Å². The summed E-state index contributed by atoms with van der Waals surface area (Å²) in [5.74, 6) is -0.151. The van der Waals surface area contributed by atoms with Crippen LogP contribution in [0.1, 0.15) is 41.9 Å². The molecule has 0 radical (unpaired) electrons. The highest BCUT2D eigenvalue weighted by molar-refractivity contribution is 7.89. The number of nitrogens with zero attached hydrogens (tertiary/aromatic N) is 1. The Balaban J connectivity index is 1.52. The molecule has 1 saturated heterocycles. The molecule has 1 unspecified atom stereocenters. The van der Waals surface area contributed by atoms with E-state index >= 15 is 0 Å². The molecule has 1 aliphatic heterocycles. The summed E-state index contributed by atoms with van der Waals surface area (Å²) in [5, 5.41) is 2.17. The summed E-state index contributed by atoms with van der Waals surface area (Å²) in [4.78, 5) is 17.1. The maximum Gasteiger partial charge on any atom is 0.270 e. The lowest BCUT2D eigenvalue weighted by molar-refractivity contribution is 0.0787. The molecule has 0 spiro atoms. The van der Waals surface area contributed by atoms with Crippen molar-refractivity contribution in [2.75, 3.05) is 13.1 Å². The lowest BCUT2D eigenvalue weighted by Crippen LogP contribution is -2.28. The van der Waals surface area contributed by atoms with Crippen molar-refractivity contribution in [2.45, 2.75) is 30.7 Å². The highest BCUT2D eigenvalue weighted by Gasteiger charge is 2.24. The van der Waals surface area contributed by atoms with Crippen LogP contribution in [0, 0.1) is 0 Å². The third-order valence-electron chi connectivity index (χ3n) is 5.20. The molecule has 0 saturated carbocycles. The second kappa shape index (κ2) is 7.41. The van der Waals surface area contributed by atoms with Crippen LogP contribution < -0.4 is 4.72 Å². The number of H-pyrrole nitrogens is 1. The zero-order valence-electron chi connectivity index (χ0n) is 15.7. The molecule has 28 heavy (non-hydrogen) atoms. The van der Waals surface area contributed by atoms with Crippen LogP contribution in [0.5, 0.6) is 0 Å². The smallest absolute Gasteiger partial charge is 0.270 e. The zero-order valence-corrected chi connectivity index (χ0v) is 16.5. The molecule has 1 aliphatic rings. The van der Waals surface area contributed by atoms with E-state index < -0.39 is 16.1 Å². The molecule has 7 heteroatoms. The highest BCUT2D eigenvalue weighted by atomic mass is 32.2. The van der Waals surface area contributed by atoms with Crippen molar-refractivity contribution in [3.63, 3.8) is 0 Å². The summed E-state index contributed by atoms with van der Waals surface area (Å²) < 4.78 is 28.3. The molecule has 6 nitrogen and oxygen atoms in total. The van der Waals surface area contributed by atoms with Gasteiger partial charge < -0.3 is 9.88 Å². The fourth-order valence-electron chi connectivity index (χ4n) is 3.59. The van der Waals surface area contributed by atoms with Crippen molar-refractivity contribution in [1.82, 2.24) is 14.6 Å². The van der Waals surface area contributed by atoms with E-state index in [-0.39, 0.29) is 10.8 Å². The third kappa shape index (κ3) is 3.68. The van der Waals surface area contributed by atoms with Gasteiger partial charge >= 0.3 is 0 Å². The predicted molar refractivity (Wildman–Crippen MR) is 109 cm³/mol. The number of carbonyl (C=O) groups excluding carboxylic acids is 1. The molecule has 1 fully saturated rings. The first-order chi connectivity index (χ1) is 13.4. The number of carbonyl (C=O) groups is 1. The van der Waals surface area contributed by atoms with Gasteiger partial charge in [-0.2, -0.15) is 0 Å². The van der Waals surface area contributed by atoms with E-state index in [4.69, 9.17) is 0 Å². The predicted octanol–water partition coefficient (Wildman–Crippen LogP) is 3.44. The Hall–Kier alpha value is -2.64. The Kier molecular flexibility index (Phi) is 4.95. The topological polar surface area (TPSA) is 82.3 Å². The normalized spacial score (nSPS) is 15.8. The molecule has 2 aromatic carbocycles. The zero-order chi connectivity index (χ0) is 19.7. The van der Waals surface area contributed by atoms with Gasteiger partial charge in [-0.15, -0.1) is 0 Å². The molecule has 2 N–H and O–H groups in total. The van der Waals surface area contributed by atoms with Crippen LogP contribution in [-0.2, 0) is 10.0 Å². The van der Waals surface area contributed by atoms with Crippen LogP contribution >= 0.6 is 0 Å². The molecular weight excluding hydrogens is 374 g/mol.